The molecule has 3 nitrogen and oxygen atoms in total. The normalized spacial score (nSPS) is 12.0. The lowest BCUT2D eigenvalue weighted by Crippen LogP contribution is -2.29. The van der Waals surface area contributed by atoms with Gasteiger partial charge in [0.15, 0.2) is 17.7 Å². The average Bonchev–Trinajstić information content (AvgIpc) is 2.28. The molecule has 1 rings (SSSR count). The van der Waals surface area contributed by atoms with Gasteiger partial charge in [-0.25, -0.2) is 13.6 Å². The molecule has 5 heteroatoms. The summed E-state index contributed by atoms with van der Waals surface area (Å²) in [4.78, 5) is 11.4. The van der Waals surface area contributed by atoms with Gasteiger partial charge in [-0.2, -0.15) is 0 Å². The van der Waals surface area contributed by atoms with Crippen LogP contribution in [0.25, 0.3) is 0 Å². The van der Waals surface area contributed by atoms with Crippen LogP contribution in [0.1, 0.15) is 20.3 Å². The largest absolute Gasteiger partial charge is 0.476 e. The zero-order chi connectivity index (χ0) is 12.8. The first-order valence-electron chi connectivity index (χ1n) is 5.36. The number of hydrogen-bond acceptors (Lipinski definition) is 3. The van der Waals surface area contributed by atoms with Crippen molar-refractivity contribution < 1.29 is 23.0 Å². The molecule has 0 aromatic heterocycles. The number of hydrogen-bond donors (Lipinski definition) is 0. The Bertz CT molecular complexity index is 393. The van der Waals surface area contributed by atoms with Gasteiger partial charge in [-0.05, 0) is 25.5 Å². The van der Waals surface area contributed by atoms with Crippen molar-refractivity contribution in [3.63, 3.8) is 0 Å². The Labute approximate surface area is 98.3 Å². The van der Waals surface area contributed by atoms with Crippen LogP contribution in [0.4, 0.5) is 8.78 Å². The van der Waals surface area contributed by atoms with Crippen LogP contribution in [0.15, 0.2) is 18.2 Å². The summed E-state index contributed by atoms with van der Waals surface area (Å²) < 4.78 is 35.9. The van der Waals surface area contributed by atoms with E-state index in [-0.39, 0.29) is 12.4 Å². The van der Waals surface area contributed by atoms with E-state index in [1.165, 1.54) is 0 Å². The summed E-state index contributed by atoms with van der Waals surface area (Å²) in [7, 11) is 0. The fourth-order valence-corrected chi connectivity index (χ4v) is 1.26. The minimum Gasteiger partial charge on any atom is -0.476 e. The first kappa shape index (κ1) is 13.4. The molecule has 0 aliphatic carbocycles. The Morgan fingerprint density at radius 2 is 2.06 bits per heavy atom. The summed E-state index contributed by atoms with van der Waals surface area (Å²) in [5.74, 6) is -2.25. The standard InChI is InChI=1S/C12H14F2O3/c1-3-10(12(15)16-4-2)17-11-6-5-8(13)7-9(11)14/h5-7,10H,3-4H2,1-2H3/t10-/m0/s1. The van der Waals surface area contributed by atoms with Gasteiger partial charge in [0, 0.05) is 6.07 Å². The number of carbonyl (C=O) groups is 1. The number of halogens is 2. The molecule has 0 radical (unpaired) electrons. The first-order chi connectivity index (χ1) is 8.08. The molecular formula is C12H14F2O3. The second-order valence-electron chi connectivity index (χ2n) is 3.34. The zero-order valence-electron chi connectivity index (χ0n) is 9.70. The van der Waals surface area contributed by atoms with E-state index < -0.39 is 23.7 Å². The van der Waals surface area contributed by atoms with Crippen molar-refractivity contribution in [3.05, 3.63) is 29.8 Å². The van der Waals surface area contributed by atoms with Crippen molar-refractivity contribution in [3.8, 4) is 5.75 Å². The van der Waals surface area contributed by atoms with Gasteiger partial charge in [0.1, 0.15) is 5.82 Å². The summed E-state index contributed by atoms with van der Waals surface area (Å²) in [5.41, 5.74) is 0. The quantitative estimate of drug-likeness (QED) is 0.747. The van der Waals surface area contributed by atoms with E-state index in [4.69, 9.17) is 9.47 Å². The third-order valence-electron chi connectivity index (χ3n) is 2.08. The van der Waals surface area contributed by atoms with Crippen LogP contribution in [-0.4, -0.2) is 18.7 Å². The number of ether oxygens (including phenoxy) is 2. The van der Waals surface area contributed by atoms with E-state index in [1.54, 1.807) is 13.8 Å². The Kier molecular flexibility index (Phi) is 4.87. The lowest BCUT2D eigenvalue weighted by molar-refractivity contribution is -0.151. The van der Waals surface area contributed by atoms with Crippen molar-refractivity contribution >= 4 is 5.97 Å². The average molecular weight is 244 g/mol. The lowest BCUT2D eigenvalue weighted by atomic mass is 10.2. The maximum atomic E-state index is 13.3. The van der Waals surface area contributed by atoms with Crippen molar-refractivity contribution in [2.45, 2.75) is 26.4 Å². The third kappa shape index (κ3) is 3.69. The molecule has 94 valence electrons. The molecule has 1 aromatic rings. The molecular weight excluding hydrogens is 230 g/mol. The molecule has 0 amide bonds. The van der Waals surface area contributed by atoms with E-state index >= 15 is 0 Å². The summed E-state index contributed by atoms with van der Waals surface area (Å²) in [6, 6.07) is 2.91. The van der Waals surface area contributed by atoms with Crippen LogP contribution in [-0.2, 0) is 9.53 Å². The maximum absolute atomic E-state index is 13.3. The fourth-order valence-electron chi connectivity index (χ4n) is 1.26. The molecule has 17 heavy (non-hydrogen) atoms. The highest BCUT2D eigenvalue weighted by molar-refractivity contribution is 5.75. The van der Waals surface area contributed by atoms with Crippen LogP contribution in [0.2, 0.25) is 0 Å². The van der Waals surface area contributed by atoms with Gasteiger partial charge in [-0.1, -0.05) is 6.92 Å². The van der Waals surface area contributed by atoms with Crippen LogP contribution in [0.3, 0.4) is 0 Å². The second-order valence-corrected chi connectivity index (χ2v) is 3.34. The summed E-state index contributed by atoms with van der Waals surface area (Å²) in [6.45, 7) is 3.61. The van der Waals surface area contributed by atoms with Gasteiger partial charge < -0.3 is 9.47 Å². The van der Waals surface area contributed by atoms with E-state index in [1.807, 2.05) is 0 Å². The Balaban J connectivity index is 2.77. The van der Waals surface area contributed by atoms with Crippen LogP contribution < -0.4 is 4.74 Å². The van der Waals surface area contributed by atoms with Crippen LogP contribution in [0.5, 0.6) is 5.75 Å². The van der Waals surface area contributed by atoms with Gasteiger partial charge >= 0.3 is 5.97 Å². The number of carbonyl (C=O) groups excluding carboxylic acids is 1. The van der Waals surface area contributed by atoms with E-state index in [0.29, 0.717) is 12.5 Å². The molecule has 0 saturated heterocycles. The number of esters is 1. The minimum absolute atomic E-state index is 0.161. The van der Waals surface area contributed by atoms with Crippen molar-refractivity contribution in [1.29, 1.82) is 0 Å². The first-order valence-corrected chi connectivity index (χ1v) is 5.36. The smallest absolute Gasteiger partial charge is 0.347 e. The SMILES string of the molecule is CCOC(=O)[C@H](CC)Oc1ccc(F)cc1F. The highest BCUT2D eigenvalue weighted by Gasteiger charge is 2.21. The molecule has 0 aliphatic rings. The molecule has 0 fully saturated rings. The van der Waals surface area contributed by atoms with E-state index in [0.717, 1.165) is 12.1 Å². The molecule has 0 spiro atoms. The van der Waals surface area contributed by atoms with Crippen molar-refractivity contribution in [2.24, 2.45) is 0 Å². The third-order valence-corrected chi connectivity index (χ3v) is 2.08. The molecule has 1 aromatic carbocycles. The maximum Gasteiger partial charge on any atom is 0.347 e. The predicted molar refractivity (Wildman–Crippen MR) is 57.7 cm³/mol. The summed E-state index contributed by atoms with van der Waals surface area (Å²) in [6.07, 6.45) is -0.537. The zero-order valence-corrected chi connectivity index (χ0v) is 9.70. The van der Waals surface area contributed by atoms with Gasteiger partial charge in [0.25, 0.3) is 0 Å². The topological polar surface area (TPSA) is 35.5 Å². The van der Waals surface area contributed by atoms with Gasteiger partial charge in [0.05, 0.1) is 6.61 Å². The fraction of sp³-hybridized carbons (Fsp3) is 0.417. The molecule has 0 saturated carbocycles. The Hall–Kier alpha value is -1.65. The van der Waals surface area contributed by atoms with Gasteiger partial charge in [0.2, 0.25) is 0 Å². The molecule has 0 heterocycles. The van der Waals surface area contributed by atoms with E-state index in [9.17, 15) is 13.6 Å². The van der Waals surface area contributed by atoms with Gasteiger partial charge in [-0.3, -0.25) is 0 Å². The minimum atomic E-state index is -0.880. The Morgan fingerprint density at radius 1 is 1.35 bits per heavy atom. The summed E-state index contributed by atoms with van der Waals surface area (Å²) >= 11 is 0. The van der Waals surface area contributed by atoms with Crippen LogP contribution in [0, 0.1) is 11.6 Å². The van der Waals surface area contributed by atoms with E-state index in [2.05, 4.69) is 0 Å². The lowest BCUT2D eigenvalue weighted by Gasteiger charge is -2.16. The number of rotatable bonds is 5. The molecule has 0 bridgehead atoms. The van der Waals surface area contributed by atoms with Crippen molar-refractivity contribution in [2.75, 3.05) is 6.61 Å². The van der Waals surface area contributed by atoms with Gasteiger partial charge in [-0.15, -0.1) is 0 Å². The monoisotopic (exact) mass is 244 g/mol. The highest BCUT2D eigenvalue weighted by atomic mass is 19.1. The number of benzene rings is 1. The second kappa shape index (κ2) is 6.18. The van der Waals surface area contributed by atoms with Crippen molar-refractivity contribution in [1.82, 2.24) is 0 Å². The molecule has 1 atom stereocenters. The highest BCUT2D eigenvalue weighted by Crippen LogP contribution is 2.20. The Morgan fingerprint density at radius 3 is 2.59 bits per heavy atom. The summed E-state index contributed by atoms with van der Waals surface area (Å²) in [5, 5.41) is 0. The molecule has 0 aliphatic heterocycles. The molecule has 0 N–H and O–H groups in total. The predicted octanol–water partition coefficient (Wildman–Crippen LogP) is 2.69. The molecule has 0 unspecified atom stereocenters. The van der Waals surface area contributed by atoms with Crippen LogP contribution >= 0.6 is 0 Å².